The normalized spacial score (nSPS) is 22.1. The Bertz CT molecular complexity index is 992. The minimum absolute atomic E-state index is 0.0707. The molecule has 0 aliphatic carbocycles. The van der Waals surface area contributed by atoms with Crippen molar-refractivity contribution >= 4 is 29.5 Å². The molecule has 2 aliphatic heterocycles. The fourth-order valence-electron chi connectivity index (χ4n) is 4.15. The summed E-state index contributed by atoms with van der Waals surface area (Å²) in [4.78, 5) is 38.9. The second-order valence-electron chi connectivity index (χ2n) is 7.92. The molecule has 5 N–H and O–H groups in total. The first kappa shape index (κ1) is 20.8. The number of urea groups is 1. The lowest BCUT2D eigenvalue weighted by Crippen LogP contribution is -2.53. The molecule has 164 valence electrons. The Labute approximate surface area is 179 Å². The molecule has 11 heteroatoms. The molecule has 0 spiro atoms. The summed E-state index contributed by atoms with van der Waals surface area (Å²) in [7, 11) is 1.60. The minimum Gasteiger partial charge on any atom is -0.495 e. The number of anilines is 3. The highest BCUT2D eigenvalue weighted by Crippen LogP contribution is 2.31. The van der Waals surface area contributed by atoms with Gasteiger partial charge in [0.05, 0.1) is 19.3 Å². The Balaban J connectivity index is 1.40. The van der Waals surface area contributed by atoms with E-state index < -0.39 is 11.6 Å². The number of benzene rings is 1. The number of hydrogen-bond acceptors (Lipinski definition) is 9. The molecule has 3 amide bonds. The van der Waals surface area contributed by atoms with Crippen molar-refractivity contribution in [2.24, 2.45) is 5.92 Å². The van der Waals surface area contributed by atoms with E-state index in [1.54, 1.807) is 14.0 Å². The number of hydrogen-bond donors (Lipinski definition) is 4. The summed E-state index contributed by atoms with van der Waals surface area (Å²) in [6, 6.07) is 7.04. The maximum absolute atomic E-state index is 12.2. The van der Waals surface area contributed by atoms with Gasteiger partial charge in [0.2, 0.25) is 11.9 Å². The van der Waals surface area contributed by atoms with Crippen LogP contribution in [0.25, 0.3) is 0 Å². The smallest absolute Gasteiger partial charge is 0.322 e. The van der Waals surface area contributed by atoms with Gasteiger partial charge in [0, 0.05) is 0 Å². The number of aromatic nitrogens is 3. The van der Waals surface area contributed by atoms with Gasteiger partial charge >= 0.3 is 6.03 Å². The van der Waals surface area contributed by atoms with E-state index in [4.69, 9.17) is 10.5 Å². The van der Waals surface area contributed by atoms with Gasteiger partial charge in [0.25, 0.3) is 5.91 Å². The van der Waals surface area contributed by atoms with Gasteiger partial charge in [-0.05, 0) is 50.9 Å². The Morgan fingerprint density at radius 3 is 2.65 bits per heavy atom. The van der Waals surface area contributed by atoms with Gasteiger partial charge in [-0.3, -0.25) is 15.0 Å². The summed E-state index contributed by atoms with van der Waals surface area (Å²) in [6.07, 6.45) is 1.55. The van der Waals surface area contributed by atoms with E-state index in [1.807, 2.05) is 24.3 Å². The maximum Gasteiger partial charge on any atom is 0.322 e. The van der Waals surface area contributed by atoms with Crippen LogP contribution in [0.3, 0.4) is 0 Å². The molecule has 2 aromatic rings. The van der Waals surface area contributed by atoms with Crippen molar-refractivity contribution in [1.82, 2.24) is 30.5 Å². The van der Waals surface area contributed by atoms with Crippen molar-refractivity contribution in [3.05, 3.63) is 30.1 Å². The number of nitrogens with zero attached hydrogens (tertiary/aromatic N) is 4. The van der Waals surface area contributed by atoms with Gasteiger partial charge < -0.3 is 21.1 Å². The summed E-state index contributed by atoms with van der Waals surface area (Å²) >= 11 is 0. The highest BCUT2D eigenvalue weighted by Gasteiger charge is 2.48. The average Bonchev–Trinajstić information content (AvgIpc) is 3.01. The van der Waals surface area contributed by atoms with Gasteiger partial charge in [0.1, 0.15) is 17.1 Å². The van der Waals surface area contributed by atoms with Gasteiger partial charge in [-0.15, -0.1) is 0 Å². The van der Waals surface area contributed by atoms with Crippen LogP contribution in [0.1, 0.15) is 25.6 Å². The number of nitrogen functional groups attached to an aromatic ring is 1. The third kappa shape index (κ3) is 4.36. The Kier molecular flexibility index (Phi) is 5.59. The van der Waals surface area contributed by atoms with Gasteiger partial charge in [-0.2, -0.15) is 15.0 Å². The van der Waals surface area contributed by atoms with Crippen LogP contribution in [0.5, 0.6) is 5.75 Å². The van der Waals surface area contributed by atoms with Crippen LogP contribution in [0, 0.1) is 5.92 Å². The number of ether oxygens (including phenoxy) is 1. The predicted molar refractivity (Wildman–Crippen MR) is 114 cm³/mol. The standard InChI is InChI=1S/C20H26N8O3/c1-20(16(29)25-19(30)27-20)12-7-9-28(10-8-12)11-15-23-17(21)26-18(24-15)22-13-5-3-4-6-14(13)31-2/h3-6,12H,7-11H2,1-2H3,(H2,25,27,29,30)(H3,21,22,23,24,26)/t20-/m1/s1. The Morgan fingerprint density at radius 2 is 1.97 bits per heavy atom. The molecule has 1 aromatic heterocycles. The highest BCUT2D eigenvalue weighted by molar-refractivity contribution is 6.06. The van der Waals surface area contributed by atoms with E-state index in [2.05, 4.69) is 35.8 Å². The van der Waals surface area contributed by atoms with E-state index in [1.165, 1.54) is 0 Å². The van der Waals surface area contributed by atoms with E-state index in [0.29, 0.717) is 24.1 Å². The average molecular weight is 426 g/mol. The molecule has 0 unspecified atom stereocenters. The summed E-state index contributed by atoms with van der Waals surface area (Å²) in [6.45, 7) is 3.81. The second-order valence-corrected chi connectivity index (χ2v) is 7.92. The zero-order chi connectivity index (χ0) is 22.0. The van der Waals surface area contributed by atoms with Crippen LogP contribution in [-0.2, 0) is 11.3 Å². The highest BCUT2D eigenvalue weighted by atomic mass is 16.5. The number of carbonyl (C=O) groups is 2. The lowest BCUT2D eigenvalue weighted by atomic mass is 9.79. The maximum atomic E-state index is 12.2. The lowest BCUT2D eigenvalue weighted by Gasteiger charge is -2.38. The van der Waals surface area contributed by atoms with Crippen LogP contribution >= 0.6 is 0 Å². The largest absolute Gasteiger partial charge is 0.495 e. The van der Waals surface area contributed by atoms with Gasteiger partial charge in [-0.1, -0.05) is 12.1 Å². The molecule has 2 fully saturated rings. The number of para-hydroxylation sites is 2. The first-order chi connectivity index (χ1) is 14.9. The van der Waals surface area contributed by atoms with Crippen LogP contribution in [-0.4, -0.2) is 57.5 Å². The molecule has 0 radical (unpaired) electrons. The van der Waals surface area contributed by atoms with E-state index in [9.17, 15) is 9.59 Å². The van der Waals surface area contributed by atoms with E-state index in [-0.39, 0.29) is 17.8 Å². The Hall–Kier alpha value is -3.47. The summed E-state index contributed by atoms with van der Waals surface area (Å²) in [5, 5.41) is 8.24. The number of carbonyl (C=O) groups excluding carboxylic acids is 2. The van der Waals surface area contributed by atoms with Crippen molar-refractivity contribution in [1.29, 1.82) is 0 Å². The zero-order valence-corrected chi connectivity index (χ0v) is 17.5. The molecule has 0 bridgehead atoms. The van der Waals surface area contributed by atoms with Crippen LogP contribution in [0.2, 0.25) is 0 Å². The SMILES string of the molecule is COc1ccccc1Nc1nc(N)nc(CN2CCC([C@@]3(C)NC(=O)NC3=O)CC2)n1. The second kappa shape index (κ2) is 8.34. The molecule has 1 atom stereocenters. The summed E-state index contributed by atoms with van der Waals surface area (Å²) in [5.41, 5.74) is 5.78. The van der Waals surface area contributed by atoms with Crippen LogP contribution in [0.15, 0.2) is 24.3 Å². The molecule has 11 nitrogen and oxygen atoms in total. The van der Waals surface area contributed by atoms with Crippen LogP contribution in [0.4, 0.5) is 22.4 Å². The number of rotatable bonds is 6. The Morgan fingerprint density at radius 1 is 1.23 bits per heavy atom. The topological polar surface area (TPSA) is 147 Å². The van der Waals surface area contributed by atoms with Crippen molar-refractivity contribution in [3.63, 3.8) is 0 Å². The number of likely N-dealkylation sites (tertiary alicyclic amines) is 1. The molecule has 31 heavy (non-hydrogen) atoms. The van der Waals surface area contributed by atoms with Crippen molar-refractivity contribution in [2.45, 2.75) is 31.8 Å². The first-order valence-electron chi connectivity index (χ1n) is 10.1. The number of piperidine rings is 1. The quantitative estimate of drug-likeness (QED) is 0.497. The minimum atomic E-state index is -0.855. The van der Waals surface area contributed by atoms with Crippen molar-refractivity contribution in [2.75, 3.05) is 31.2 Å². The lowest BCUT2D eigenvalue weighted by molar-refractivity contribution is -0.125. The fourth-order valence-corrected chi connectivity index (χ4v) is 4.15. The molecule has 1 aromatic carbocycles. The van der Waals surface area contributed by atoms with Crippen LogP contribution < -0.4 is 26.4 Å². The van der Waals surface area contributed by atoms with Gasteiger partial charge in [0.15, 0.2) is 0 Å². The number of nitrogens with one attached hydrogen (secondary N) is 3. The molecule has 2 aliphatic rings. The fraction of sp³-hybridized carbons (Fsp3) is 0.450. The number of methoxy groups -OCH3 is 1. The predicted octanol–water partition coefficient (Wildman–Crippen LogP) is 1.02. The van der Waals surface area contributed by atoms with Crippen molar-refractivity contribution < 1.29 is 14.3 Å². The molecule has 2 saturated heterocycles. The molecular weight excluding hydrogens is 400 g/mol. The summed E-state index contributed by atoms with van der Waals surface area (Å²) in [5.74, 6) is 1.52. The summed E-state index contributed by atoms with van der Waals surface area (Å²) < 4.78 is 5.35. The molecule has 4 rings (SSSR count). The van der Waals surface area contributed by atoms with E-state index in [0.717, 1.165) is 31.6 Å². The molecular formula is C20H26N8O3. The molecule has 3 heterocycles. The zero-order valence-electron chi connectivity index (χ0n) is 17.5. The third-order valence-electron chi connectivity index (χ3n) is 5.89. The number of nitrogens with two attached hydrogens (primary N) is 1. The number of imide groups is 1. The first-order valence-corrected chi connectivity index (χ1v) is 10.1. The van der Waals surface area contributed by atoms with Crippen molar-refractivity contribution in [3.8, 4) is 5.75 Å². The molecule has 0 saturated carbocycles. The third-order valence-corrected chi connectivity index (χ3v) is 5.89. The monoisotopic (exact) mass is 426 g/mol. The number of amides is 3. The van der Waals surface area contributed by atoms with Gasteiger partial charge in [-0.25, -0.2) is 4.79 Å². The van der Waals surface area contributed by atoms with E-state index >= 15 is 0 Å².